The van der Waals surface area contributed by atoms with Gasteiger partial charge in [0.15, 0.2) is 5.69 Å². The number of hydrogen-bond acceptors (Lipinski definition) is 6. The summed E-state index contributed by atoms with van der Waals surface area (Å²) < 4.78 is 39.1. The van der Waals surface area contributed by atoms with Gasteiger partial charge in [0.2, 0.25) is 0 Å². The number of carbonyl (C=O) groups excluding carboxylic acids is 1. The minimum Gasteiger partial charge on any atom is -0.475 e. The Morgan fingerprint density at radius 3 is 2.62 bits per heavy atom. The molecule has 0 aromatic carbocycles. The van der Waals surface area contributed by atoms with E-state index in [1.54, 1.807) is 19.2 Å². The van der Waals surface area contributed by atoms with Crippen molar-refractivity contribution in [3.8, 4) is 0 Å². The lowest BCUT2D eigenvalue weighted by Gasteiger charge is -2.23. The number of aliphatic carboxylic acids is 1. The molecule has 1 aliphatic rings. The van der Waals surface area contributed by atoms with Crippen molar-refractivity contribution in [2.45, 2.75) is 32.6 Å². The average molecular weight is 479 g/mol. The first-order valence-corrected chi connectivity index (χ1v) is 10.4. The number of fused-ring (bicyclic) bond motifs is 1. The van der Waals surface area contributed by atoms with E-state index in [1.165, 1.54) is 0 Å². The largest absolute Gasteiger partial charge is 0.490 e. The summed E-state index contributed by atoms with van der Waals surface area (Å²) in [6.07, 6.45) is -0.279. The fourth-order valence-corrected chi connectivity index (χ4v) is 3.52. The van der Waals surface area contributed by atoms with Crippen molar-refractivity contribution in [1.29, 1.82) is 0 Å². The minimum absolute atomic E-state index is 0.0795. The number of alkyl halides is 3. The fourth-order valence-electron chi connectivity index (χ4n) is 3.52. The van der Waals surface area contributed by atoms with Gasteiger partial charge in [-0.05, 0) is 43.5 Å². The summed E-state index contributed by atoms with van der Waals surface area (Å²) in [6, 6.07) is 11.6. The topological polar surface area (TPSA) is 113 Å². The van der Waals surface area contributed by atoms with Crippen LogP contribution in [0.15, 0.2) is 53.3 Å². The fraction of sp³-hybridized carbons (Fsp3) is 0.364. The molecule has 4 rings (SSSR count). The van der Waals surface area contributed by atoms with Crippen molar-refractivity contribution < 1.29 is 32.4 Å². The first kappa shape index (κ1) is 24.8. The SMILES string of the molecule is Cc1cc(C(=O)N2Cc3cccn3CC(CCNc3ccccn3)C2)no1.O=C(O)C(F)(F)F. The Morgan fingerprint density at radius 1 is 1.24 bits per heavy atom. The highest BCUT2D eigenvalue weighted by atomic mass is 19.4. The predicted molar refractivity (Wildman–Crippen MR) is 115 cm³/mol. The Kier molecular flexibility index (Phi) is 7.92. The maximum atomic E-state index is 12.9. The highest BCUT2D eigenvalue weighted by Crippen LogP contribution is 2.21. The molecular formula is C22H24F3N5O4. The van der Waals surface area contributed by atoms with Gasteiger partial charge in [0.05, 0.1) is 6.54 Å². The van der Waals surface area contributed by atoms with Gasteiger partial charge in [0.1, 0.15) is 11.6 Å². The van der Waals surface area contributed by atoms with Crippen molar-refractivity contribution >= 4 is 17.7 Å². The van der Waals surface area contributed by atoms with Gasteiger partial charge in [0.25, 0.3) is 5.91 Å². The van der Waals surface area contributed by atoms with Crippen molar-refractivity contribution in [3.05, 3.63) is 65.9 Å². The zero-order valence-corrected chi connectivity index (χ0v) is 18.3. The third-order valence-electron chi connectivity index (χ3n) is 5.11. The van der Waals surface area contributed by atoms with E-state index in [0.717, 1.165) is 31.0 Å². The number of carboxylic acid groups (broad SMARTS) is 1. The van der Waals surface area contributed by atoms with E-state index >= 15 is 0 Å². The Bertz CT molecular complexity index is 1100. The van der Waals surface area contributed by atoms with Crippen LogP contribution < -0.4 is 5.32 Å². The van der Waals surface area contributed by atoms with Crippen molar-refractivity contribution in [1.82, 2.24) is 19.6 Å². The molecule has 0 bridgehead atoms. The number of hydrogen-bond donors (Lipinski definition) is 2. The number of anilines is 1. The molecule has 0 spiro atoms. The van der Waals surface area contributed by atoms with Crippen LogP contribution in [0.5, 0.6) is 0 Å². The van der Waals surface area contributed by atoms with E-state index in [0.29, 0.717) is 30.5 Å². The van der Waals surface area contributed by atoms with E-state index in [1.807, 2.05) is 29.2 Å². The molecule has 1 aliphatic heterocycles. The third-order valence-corrected chi connectivity index (χ3v) is 5.11. The molecule has 4 heterocycles. The maximum absolute atomic E-state index is 12.9. The van der Waals surface area contributed by atoms with Gasteiger partial charge in [0, 0.05) is 43.8 Å². The smallest absolute Gasteiger partial charge is 0.475 e. The molecule has 2 N–H and O–H groups in total. The summed E-state index contributed by atoms with van der Waals surface area (Å²) in [5.41, 5.74) is 1.52. The summed E-state index contributed by atoms with van der Waals surface area (Å²) in [5.74, 6) is -0.977. The van der Waals surface area contributed by atoms with Gasteiger partial charge in [-0.1, -0.05) is 11.2 Å². The second-order valence-electron chi connectivity index (χ2n) is 7.76. The van der Waals surface area contributed by atoms with E-state index in [2.05, 4.69) is 32.3 Å². The first-order chi connectivity index (χ1) is 16.1. The number of amides is 1. The molecule has 9 nitrogen and oxygen atoms in total. The highest BCUT2D eigenvalue weighted by Gasteiger charge is 2.38. The number of aromatic nitrogens is 3. The number of rotatable bonds is 5. The number of halogens is 3. The summed E-state index contributed by atoms with van der Waals surface area (Å²) in [5, 5.41) is 14.4. The van der Waals surface area contributed by atoms with Gasteiger partial charge in [-0.25, -0.2) is 9.78 Å². The lowest BCUT2D eigenvalue weighted by Crippen LogP contribution is -2.34. The summed E-state index contributed by atoms with van der Waals surface area (Å²) in [6.45, 7) is 4.78. The molecule has 34 heavy (non-hydrogen) atoms. The number of pyridine rings is 1. The number of carbonyl (C=O) groups is 2. The normalized spacial score (nSPS) is 15.5. The number of nitrogens with zero attached hydrogens (tertiary/aromatic N) is 4. The van der Waals surface area contributed by atoms with Crippen molar-refractivity contribution in [2.24, 2.45) is 5.92 Å². The van der Waals surface area contributed by atoms with Crippen molar-refractivity contribution in [2.75, 3.05) is 18.4 Å². The molecular weight excluding hydrogens is 455 g/mol. The average Bonchev–Trinajstić information content (AvgIpc) is 3.38. The second-order valence-corrected chi connectivity index (χ2v) is 7.76. The molecule has 0 saturated carbocycles. The zero-order chi connectivity index (χ0) is 24.7. The summed E-state index contributed by atoms with van der Waals surface area (Å²) in [4.78, 5) is 28.0. The Hall–Kier alpha value is -3.83. The molecule has 0 fully saturated rings. The second kappa shape index (κ2) is 10.9. The van der Waals surface area contributed by atoms with Crippen molar-refractivity contribution in [3.63, 3.8) is 0 Å². The lowest BCUT2D eigenvalue weighted by atomic mass is 10.0. The Labute approximate surface area is 193 Å². The standard InChI is InChI=1S/C20H23N5O2.C2HF3O2/c1-15-11-18(23-27-15)20(26)25-13-16(12-24-10-4-5-17(24)14-25)7-9-22-19-6-2-3-8-21-19;3-2(4,5)1(6)7/h2-6,8,10-11,16H,7,9,12-14H2,1H3,(H,21,22);(H,6,7). The quantitative estimate of drug-likeness (QED) is 0.575. The van der Waals surface area contributed by atoms with Gasteiger partial charge in [-0.2, -0.15) is 13.2 Å². The van der Waals surface area contributed by atoms with Crippen LogP contribution in [0.4, 0.5) is 19.0 Å². The molecule has 1 amide bonds. The van der Waals surface area contributed by atoms with Crippen LogP contribution in [0.1, 0.15) is 28.4 Å². The minimum atomic E-state index is -5.08. The number of aryl methyl sites for hydroxylation is 1. The maximum Gasteiger partial charge on any atom is 0.490 e. The van der Waals surface area contributed by atoms with Crippen LogP contribution in [0.2, 0.25) is 0 Å². The Balaban J connectivity index is 0.000000406. The molecule has 12 heteroatoms. The molecule has 0 aliphatic carbocycles. The molecule has 182 valence electrons. The van der Waals surface area contributed by atoms with Crippen LogP contribution in [0.3, 0.4) is 0 Å². The van der Waals surface area contributed by atoms with E-state index in [9.17, 15) is 18.0 Å². The van der Waals surface area contributed by atoms with Crippen LogP contribution >= 0.6 is 0 Å². The Morgan fingerprint density at radius 2 is 2.00 bits per heavy atom. The first-order valence-electron chi connectivity index (χ1n) is 10.4. The van der Waals surface area contributed by atoms with Gasteiger partial charge in [-0.15, -0.1) is 0 Å². The molecule has 3 aromatic rings. The van der Waals surface area contributed by atoms with E-state index < -0.39 is 12.1 Å². The molecule has 1 atom stereocenters. The third kappa shape index (κ3) is 6.83. The highest BCUT2D eigenvalue weighted by molar-refractivity contribution is 5.92. The number of nitrogens with one attached hydrogen (secondary N) is 1. The summed E-state index contributed by atoms with van der Waals surface area (Å²) >= 11 is 0. The molecule has 3 aromatic heterocycles. The molecule has 0 saturated heterocycles. The van der Waals surface area contributed by atoms with Crippen LogP contribution in [0, 0.1) is 12.8 Å². The van der Waals surface area contributed by atoms with Crippen LogP contribution in [0.25, 0.3) is 0 Å². The van der Waals surface area contributed by atoms with E-state index in [-0.39, 0.29) is 5.91 Å². The molecule has 1 unspecified atom stereocenters. The van der Waals surface area contributed by atoms with E-state index in [4.69, 9.17) is 14.4 Å². The van der Waals surface area contributed by atoms with Crippen LogP contribution in [-0.2, 0) is 17.9 Å². The van der Waals surface area contributed by atoms with Gasteiger partial charge >= 0.3 is 12.1 Å². The lowest BCUT2D eigenvalue weighted by molar-refractivity contribution is -0.192. The molecule has 0 radical (unpaired) electrons. The zero-order valence-electron chi connectivity index (χ0n) is 18.3. The monoisotopic (exact) mass is 479 g/mol. The predicted octanol–water partition coefficient (Wildman–Crippen LogP) is 3.59. The van der Waals surface area contributed by atoms with Gasteiger partial charge < -0.3 is 24.4 Å². The van der Waals surface area contributed by atoms with Gasteiger partial charge in [-0.3, -0.25) is 4.79 Å². The van der Waals surface area contributed by atoms with Crippen LogP contribution in [-0.4, -0.2) is 55.9 Å². The summed E-state index contributed by atoms with van der Waals surface area (Å²) in [7, 11) is 0. The number of carboxylic acids is 1.